The van der Waals surface area contributed by atoms with E-state index in [1.165, 1.54) is 0 Å². The fourth-order valence-electron chi connectivity index (χ4n) is 2.29. The number of nitriles is 1. The van der Waals surface area contributed by atoms with Crippen molar-refractivity contribution in [2.45, 2.75) is 12.5 Å². The van der Waals surface area contributed by atoms with Crippen LogP contribution < -0.4 is 15.4 Å². The summed E-state index contributed by atoms with van der Waals surface area (Å²) in [5.41, 5.74) is 1.33. The molecule has 2 aromatic carbocycles. The van der Waals surface area contributed by atoms with Gasteiger partial charge in [0.05, 0.1) is 13.2 Å². The van der Waals surface area contributed by atoms with Crippen LogP contribution in [0.4, 0.5) is 0 Å². The van der Waals surface area contributed by atoms with E-state index in [2.05, 4.69) is 10.6 Å². The summed E-state index contributed by atoms with van der Waals surface area (Å²) >= 11 is 0. The van der Waals surface area contributed by atoms with E-state index in [-0.39, 0.29) is 12.5 Å². The fourth-order valence-corrected chi connectivity index (χ4v) is 2.29. The van der Waals surface area contributed by atoms with Crippen LogP contribution in [-0.4, -0.2) is 31.5 Å². The van der Waals surface area contributed by atoms with Gasteiger partial charge >= 0.3 is 0 Å². The van der Waals surface area contributed by atoms with E-state index in [0.717, 1.165) is 5.56 Å². The maximum absolute atomic E-state index is 12.3. The third-order valence-corrected chi connectivity index (χ3v) is 3.60. The number of methoxy groups -OCH3 is 1. The Balaban J connectivity index is 2.13. The number of benzene rings is 2. The molecule has 0 saturated heterocycles. The number of nitrogens with zero attached hydrogens (tertiary/aromatic N) is 1. The van der Waals surface area contributed by atoms with E-state index in [0.29, 0.717) is 17.7 Å². The van der Waals surface area contributed by atoms with Crippen LogP contribution in [0.1, 0.15) is 15.9 Å². The second-order valence-electron chi connectivity index (χ2n) is 5.32. The van der Waals surface area contributed by atoms with E-state index in [9.17, 15) is 9.59 Å². The lowest BCUT2D eigenvalue weighted by Crippen LogP contribution is -2.48. The van der Waals surface area contributed by atoms with E-state index in [1.54, 1.807) is 43.5 Å². The second-order valence-corrected chi connectivity index (χ2v) is 5.32. The van der Waals surface area contributed by atoms with Crippen LogP contribution in [0.3, 0.4) is 0 Å². The number of amides is 2. The van der Waals surface area contributed by atoms with Gasteiger partial charge in [-0.15, -0.1) is 0 Å². The quantitative estimate of drug-likeness (QED) is 0.752. The third-order valence-electron chi connectivity index (χ3n) is 3.60. The van der Waals surface area contributed by atoms with Gasteiger partial charge in [-0.3, -0.25) is 9.59 Å². The Morgan fingerprint density at radius 3 is 2.40 bits per heavy atom. The van der Waals surface area contributed by atoms with Crippen molar-refractivity contribution in [2.75, 3.05) is 13.7 Å². The first-order valence-electron chi connectivity index (χ1n) is 7.77. The summed E-state index contributed by atoms with van der Waals surface area (Å²) in [6.45, 7) is -0.112. The van der Waals surface area contributed by atoms with Crippen molar-refractivity contribution in [3.8, 4) is 11.8 Å². The molecule has 0 fully saturated rings. The van der Waals surface area contributed by atoms with Gasteiger partial charge in [-0.05, 0) is 29.8 Å². The lowest BCUT2D eigenvalue weighted by Gasteiger charge is -2.18. The summed E-state index contributed by atoms with van der Waals surface area (Å²) in [4.78, 5) is 24.6. The molecule has 6 nitrogen and oxygen atoms in total. The first kappa shape index (κ1) is 18.0. The number of ether oxygens (including phenoxy) is 1. The molecular formula is C19H19N3O3. The van der Waals surface area contributed by atoms with Crippen LogP contribution in [0.15, 0.2) is 54.6 Å². The zero-order valence-electron chi connectivity index (χ0n) is 13.9. The Kier molecular flexibility index (Phi) is 6.55. The molecule has 2 amide bonds. The highest BCUT2D eigenvalue weighted by Gasteiger charge is 2.21. The van der Waals surface area contributed by atoms with Crippen LogP contribution >= 0.6 is 0 Å². The van der Waals surface area contributed by atoms with Crippen LogP contribution in [0.2, 0.25) is 0 Å². The first-order chi connectivity index (χ1) is 12.1. The number of carbonyl (C=O) groups is 2. The second kappa shape index (κ2) is 9.08. The molecule has 0 aliphatic heterocycles. The molecule has 0 saturated carbocycles. The maximum atomic E-state index is 12.3. The Bertz CT molecular complexity index is 752. The molecule has 128 valence electrons. The van der Waals surface area contributed by atoms with E-state index >= 15 is 0 Å². The molecule has 0 heterocycles. The normalized spacial score (nSPS) is 11.0. The molecule has 2 rings (SSSR count). The highest BCUT2D eigenvalue weighted by Crippen LogP contribution is 2.13. The third kappa shape index (κ3) is 5.36. The highest BCUT2D eigenvalue weighted by atomic mass is 16.5. The topological polar surface area (TPSA) is 91.2 Å². The summed E-state index contributed by atoms with van der Waals surface area (Å²) in [7, 11) is 1.58. The van der Waals surface area contributed by atoms with Crippen molar-refractivity contribution < 1.29 is 14.3 Å². The van der Waals surface area contributed by atoms with Crippen molar-refractivity contribution >= 4 is 11.8 Å². The number of rotatable bonds is 7. The number of hydrogen-bond acceptors (Lipinski definition) is 4. The first-order valence-corrected chi connectivity index (χ1v) is 7.77. The average molecular weight is 337 g/mol. The molecule has 2 aromatic rings. The standard InChI is InChI=1S/C19H19N3O3/c1-25-16-9-7-14(8-10-16)13-17(19(24)21-12-11-20)22-18(23)15-5-3-2-4-6-15/h2-10,17H,12-13H2,1H3,(H,21,24)(H,22,23)/t17-/m0/s1. The summed E-state index contributed by atoms with van der Waals surface area (Å²) in [6, 6.07) is 17.0. The molecule has 0 radical (unpaired) electrons. The zero-order chi connectivity index (χ0) is 18.1. The van der Waals surface area contributed by atoms with Crippen molar-refractivity contribution in [2.24, 2.45) is 0 Å². The lowest BCUT2D eigenvalue weighted by atomic mass is 10.0. The van der Waals surface area contributed by atoms with E-state index in [1.807, 2.05) is 24.3 Å². The van der Waals surface area contributed by atoms with Crippen molar-refractivity contribution in [1.82, 2.24) is 10.6 Å². The van der Waals surface area contributed by atoms with Crippen LogP contribution in [0.25, 0.3) is 0 Å². The molecular weight excluding hydrogens is 318 g/mol. The molecule has 2 N–H and O–H groups in total. The molecule has 0 aliphatic rings. The Morgan fingerprint density at radius 2 is 1.80 bits per heavy atom. The van der Waals surface area contributed by atoms with Gasteiger partial charge in [-0.2, -0.15) is 5.26 Å². The Labute approximate surface area is 146 Å². The van der Waals surface area contributed by atoms with Crippen molar-refractivity contribution in [1.29, 1.82) is 5.26 Å². The van der Waals surface area contributed by atoms with Gasteiger partial charge in [0.15, 0.2) is 0 Å². The Hall–Kier alpha value is -3.33. The summed E-state index contributed by atoms with van der Waals surface area (Å²) in [5.74, 6) is -0.0320. The predicted molar refractivity (Wildman–Crippen MR) is 93.0 cm³/mol. The maximum Gasteiger partial charge on any atom is 0.251 e. The highest BCUT2D eigenvalue weighted by molar-refractivity contribution is 5.97. The minimum absolute atomic E-state index is 0.112. The number of carbonyl (C=O) groups excluding carboxylic acids is 2. The minimum Gasteiger partial charge on any atom is -0.497 e. The van der Waals surface area contributed by atoms with E-state index < -0.39 is 11.9 Å². The van der Waals surface area contributed by atoms with Gasteiger partial charge < -0.3 is 15.4 Å². The smallest absolute Gasteiger partial charge is 0.251 e. The number of hydrogen-bond donors (Lipinski definition) is 2. The van der Waals surface area contributed by atoms with E-state index in [4.69, 9.17) is 10.00 Å². The monoisotopic (exact) mass is 337 g/mol. The van der Waals surface area contributed by atoms with Crippen molar-refractivity contribution in [3.63, 3.8) is 0 Å². The Morgan fingerprint density at radius 1 is 1.12 bits per heavy atom. The largest absolute Gasteiger partial charge is 0.497 e. The number of nitrogens with one attached hydrogen (secondary N) is 2. The molecule has 0 spiro atoms. The molecule has 0 unspecified atom stereocenters. The molecule has 0 aliphatic carbocycles. The van der Waals surface area contributed by atoms with Crippen LogP contribution in [0, 0.1) is 11.3 Å². The van der Waals surface area contributed by atoms with Gasteiger partial charge in [-0.1, -0.05) is 30.3 Å². The lowest BCUT2D eigenvalue weighted by molar-refractivity contribution is -0.122. The predicted octanol–water partition coefficient (Wildman–Crippen LogP) is 1.68. The van der Waals surface area contributed by atoms with Gasteiger partial charge in [0.25, 0.3) is 5.91 Å². The zero-order valence-corrected chi connectivity index (χ0v) is 13.9. The van der Waals surface area contributed by atoms with Gasteiger partial charge in [-0.25, -0.2) is 0 Å². The SMILES string of the molecule is COc1ccc(C[C@H](NC(=O)c2ccccc2)C(=O)NCC#N)cc1. The average Bonchev–Trinajstić information content (AvgIpc) is 2.66. The van der Waals surface area contributed by atoms with Gasteiger partial charge in [0.2, 0.25) is 5.91 Å². The van der Waals surface area contributed by atoms with Crippen LogP contribution in [-0.2, 0) is 11.2 Å². The molecule has 1 atom stereocenters. The fraction of sp³-hybridized carbons (Fsp3) is 0.211. The molecule has 25 heavy (non-hydrogen) atoms. The van der Waals surface area contributed by atoms with Crippen molar-refractivity contribution in [3.05, 3.63) is 65.7 Å². The molecule has 6 heteroatoms. The van der Waals surface area contributed by atoms with Gasteiger partial charge in [0.1, 0.15) is 18.3 Å². The summed E-state index contributed by atoms with van der Waals surface area (Å²) in [6.07, 6.45) is 0.305. The summed E-state index contributed by atoms with van der Waals surface area (Å²) < 4.78 is 5.11. The summed E-state index contributed by atoms with van der Waals surface area (Å²) in [5, 5.41) is 13.9. The van der Waals surface area contributed by atoms with Gasteiger partial charge in [0, 0.05) is 12.0 Å². The molecule has 0 bridgehead atoms. The van der Waals surface area contributed by atoms with Crippen LogP contribution in [0.5, 0.6) is 5.75 Å². The molecule has 0 aromatic heterocycles. The minimum atomic E-state index is -0.783.